The minimum atomic E-state index is -0.293. The Morgan fingerprint density at radius 2 is 1.63 bits per heavy atom. The van der Waals surface area contributed by atoms with Crippen molar-refractivity contribution in [1.82, 2.24) is 10.6 Å². The summed E-state index contributed by atoms with van der Waals surface area (Å²) < 4.78 is 0. The van der Waals surface area contributed by atoms with Crippen LogP contribution in [0.3, 0.4) is 0 Å². The molecule has 1 aliphatic rings. The van der Waals surface area contributed by atoms with Crippen molar-refractivity contribution in [2.75, 3.05) is 17.2 Å². The molecule has 1 fully saturated rings. The third kappa shape index (κ3) is 5.56. The van der Waals surface area contributed by atoms with Gasteiger partial charge >= 0.3 is 6.03 Å². The fourth-order valence-electron chi connectivity index (χ4n) is 3.14. The van der Waals surface area contributed by atoms with Crippen molar-refractivity contribution >= 4 is 23.3 Å². The molecule has 2 aromatic carbocycles. The second-order valence-electron chi connectivity index (χ2n) is 6.80. The van der Waals surface area contributed by atoms with Gasteiger partial charge in [0.1, 0.15) is 0 Å². The highest BCUT2D eigenvalue weighted by molar-refractivity contribution is 5.99. The van der Waals surface area contributed by atoms with Crippen LogP contribution in [0.15, 0.2) is 54.6 Å². The van der Waals surface area contributed by atoms with Crippen molar-refractivity contribution in [1.29, 1.82) is 0 Å². The Kier molecular flexibility index (Phi) is 6.44. The zero-order valence-corrected chi connectivity index (χ0v) is 15.5. The van der Waals surface area contributed by atoms with E-state index in [9.17, 15) is 9.59 Å². The number of benzene rings is 2. The van der Waals surface area contributed by atoms with Crippen LogP contribution in [0.1, 0.15) is 37.8 Å². The molecule has 2 unspecified atom stereocenters. The van der Waals surface area contributed by atoms with E-state index in [4.69, 9.17) is 0 Å². The van der Waals surface area contributed by atoms with E-state index < -0.39 is 0 Å². The molecule has 0 aliphatic carbocycles. The summed E-state index contributed by atoms with van der Waals surface area (Å²) in [6.07, 6.45) is 3.11. The van der Waals surface area contributed by atoms with Crippen molar-refractivity contribution in [3.05, 3.63) is 60.2 Å². The number of hydrogen-bond acceptors (Lipinski definition) is 3. The van der Waals surface area contributed by atoms with Crippen LogP contribution in [0.5, 0.6) is 0 Å². The lowest BCUT2D eigenvalue weighted by Crippen LogP contribution is -2.47. The average Bonchev–Trinajstić information content (AvgIpc) is 2.70. The van der Waals surface area contributed by atoms with Crippen molar-refractivity contribution < 1.29 is 9.59 Å². The molecule has 4 N–H and O–H groups in total. The SMILES string of the molecule is CC(NC(=O)C1CCCCN1)c1ccc(NC(=O)Nc2ccccc2)cc1. The molecule has 0 bridgehead atoms. The first-order valence-corrected chi connectivity index (χ1v) is 9.38. The Balaban J connectivity index is 1.51. The molecule has 0 radical (unpaired) electrons. The Hall–Kier alpha value is -2.86. The van der Waals surface area contributed by atoms with E-state index in [-0.39, 0.29) is 24.0 Å². The molecule has 0 spiro atoms. The summed E-state index contributed by atoms with van der Waals surface area (Å²) in [5.74, 6) is 0.0478. The van der Waals surface area contributed by atoms with Crippen LogP contribution in [-0.2, 0) is 4.79 Å². The van der Waals surface area contributed by atoms with Crippen molar-refractivity contribution in [3.63, 3.8) is 0 Å². The van der Waals surface area contributed by atoms with Gasteiger partial charge in [-0.15, -0.1) is 0 Å². The molecule has 142 valence electrons. The lowest BCUT2D eigenvalue weighted by molar-refractivity contribution is -0.124. The number of carbonyl (C=O) groups is 2. The van der Waals surface area contributed by atoms with E-state index in [1.807, 2.05) is 61.5 Å². The Morgan fingerprint density at radius 1 is 0.963 bits per heavy atom. The molecule has 3 amide bonds. The van der Waals surface area contributed by atoms with Gasteiger partial charge in [0.2, 0.25) is 5.91 Å². The number of piperidine rings is 1. The third-order valence-electron chi connectivity index (χ3n) is 4.69. The van der Waals surface area contributed by atoms with E-state index in [2.05, 4.69) is 21.3 Å². The Labute approximate surface area is 159 Å². The quantitative estimate of drug-likeness (QED) is 0.652. The fourth-order valence-corrected chi connectivity index (χ4v) is 3.14. The van der Waals surface area contributed by atoms with Gasteiger partial charge in [-0.3, -0.25) is 4.79 Å². The van der Waals surface area contributed by atoms with E-state index in [0.717, 1.165) is 37.1 Å². The van der Waals surface area contributed by atoms with Crippen LogP contribution in [0.4, 0.5) is 16.2 Å². The number of para-hydroxylation sites is 1. The molecular weight excluding hydrogens is 340 g/mol. The maximum absolute atomic E-state index is 12.3. The summed E-state index contributed by atoms with van der Waals surface area (Å²) in [6, 6.07) is 16.3. The lowest BCUT2D eigenvalue weighted by Gasteiger charge is -2.24. The molecule has 1 aliphatic heterocycles. The maximum Gasteiger partial charge on any atom is 0.323 e. The highest BCUT2D eigenvalue weighted by Crippen LogP contribution is 2.17. The summed E-state index contributed by atoms with van der Waals surface area (Å²) in [4.78, 5) is 24.4. The summed E-state index contributed by atoms with van der Waals surface area (Å²) in [6.45, 7) is 2.86. The smallest absolute Gasteiger partial charge is 0.323 e. The summed E-state index contributed by atoms with van der Waals surface area (Å²) in [7, 11) is 0. The molecule has 0 saturated carbocycles. The van der Waals surface area contributed by atoms with Gasteiger partial charge in [0.25, 0.3) is 0 Å². The topological polar surface area (TPSA) is 82.3 Å². The van der Waals surface area contributed by atoms with Gasteiger partial charge in [0, 0.05) is 11.4 Å². The number of hydrogen-bond donors (Lipinski definition) is 4. The number of amides is 3. The van der Waals surface area contributed by atoms with Gasteiger partial charge in [0.05, 0.1) is 12.1 Å². The van der Waals surface area contributed by atoms with Gasteiger partial charge in [-0.2, -0.15) is 0 Å². The highest BCUT2D eigenvalue weighted by atomic mass is 16.2. The second-order valence-corrected chi connectivity index (χ2v) is 6.80. The average molecular weight is 366 g/mol. The van der Waals surface area contributed by atoms with Gasteiger partial charge in [-0.1, -0.05) is 36.8 Å². The zero-order chi connectivity index (χ0) is 19.1. The standard InChI is InChI=1S/C21H26N4O2/c1-15(23-20(26)19-9-5-6-14-22-19)16-10-12-18(13-11-16)25-21(27)24-17-7-3-2-4-8-17/h2-4,7-8,10-13,15,19,22H,5-6,9,14H2,1H3,(H,23,26)(H2,24,25,27). The van der Waals surface area contributed by atoms with Crippen molar-refractivity contribution in [2.45, 2.75) is 38.3 Å². The third-order valence-corrected chi connectivity index (χ3v) is 4.69. The summed E-state index contributed by atoms with van der Waals surface area (Å²) >= 11 is 0. The number of anilines is 2. The van der Waals surface area contributed by atoms with Crippen molar-refractivity contribution in [2.24, 2.45) is 0 Å². The monoisotopic (exact) mass is 366 g/mol. The summed E-state index contributed by atoms with van der Waals surface area (Å²) in [5, 5.41) is 11.9. The minimum Gasteiger partial charge on any atom is -0.348 e. The zero-order valence-electron chi connectivity index (χ0n) is 15.5. The molecule has 6 heteroatoms. The largest absolute Gasteiger partial charge is 0.348 e. The molecular formula is C21H26N4O2. The summed E-state index contributed by atoms with van der Waals surface area (Å²) in [5.41, 5.74) is 2.42. The molecule has 2 atom stereocenters. The minimum absolute atomic E-state index is 0.0478. The normalized spacial score (nSPS) is 17.6. The van der Waals surface area contributed by atoms with Crippen LogP contribution >= 0.6 is 0 Å². The van der Waals surface area contributed by atoms with E-state index in [0.29, 0.717) is 5.69 Å². The molecule has 6 nitrogen and oxygen atoms in total. The molecule has 0 aromatic heterocycles. The van der Waals surface area contributed by atoms with Crippen LogP contribution in [0, 0.1) is 0 Å². The molecule has 27 heavy (non-hydrogen) atoms. The number of carbonyl (C=O) groups excluding carboxylic acids is 2. The Morgan fingerprint density at radius 3 is 2.26 bits per heavy atom. The first-order valence-electron chi connectivity index (χ1n) is 9.38. The van der Waals surface area contributed by atoms with Crippen molar-refractivity contribution in [3.8, 4) is 0 Å². The van der Waals surface area contributed by atoms with Crippen LogP contribution in [0.25, 0.3) is 0 Å². The maximum atomic E-state index is 12.3. The second kappa shape index (κ2) is 9.19. The van der Waals surface area contributed by atoms with E-state index >= 15 is 0 Å². The van der Waals surface area contributed by atoms with E-state index in [1.165, 1.54) is 0 Å². The lowest BCUT2D eigenvalue weighted by atomic mass is 10.0. The fraction of sp³-hybridized carbons (Fsp3) is 0.333. The number of urea groups is 1. The predicted octanol–water partition coefficient (Wildman–Crippen LogP) is 3.65. The highest BCUT2D eigenvalue weighted by Gasteiger charge is 2.22. The molecule has 1 heterocycles. The van der Waals surface area contributed by atoms with Gasteiger partial charge < -0.3 is 21.3 Å². The molecule has 1 saturated heterocycles. The predicted molar refractivity (Wildman–Crippen MR) is 108 cm³/mol. The first kappa shape index (κ1) is 18.9. The van der Waals surface area contributed by atoms with E-state index in [1.54, 1.807) is 0 Å². The Bertz CT molecular complexity index is 756. The first-order chi connectivity index (χ1) is 13.1. The van der Waals surface area contributed by atoms with Gasteiger partial charge in [-0.25, -0.2) is 4.79 Å². The molecule has 2 aromatic rings. The van der Waals surface area contributed by atoms with Gasteiger partial charge in [0.15, 0.2) is 0 Å². The number of rotatable bonds is 5. The molecule has 3 rings (SSSR count). The van der Waals surface area contributed by atoms with Crippen LogP contribution in [-0.4, -0.2) is 24.5 Å². The van der Waals surface area contributed by atoms with Gasteiger partial charge in [-0.05, 0) is 56.1 Å². The van der Waals surface area contributed by atoms with Crippen LogP contribution < -0.4 is 21.3 Å². The number of nitrogens with one attached hydrogen (secondary N) is 4. The van der Waals surface area contributed by atoms with Crippen LogP contribution in [0.2, 0.25) is 0 Å².